The second-order valence-corrected chi connectivity index (χ2v) is 13.0. The molecule has 2 rings (SSSR count). The first kappa shape index (κ1) is 32.9. The van der Waals surface area contributed by atoms with Gasteiger partial charge in [0, 0.05) is 5.54 Å². The highest BCUT2D eigenvalue weighted by atomic mass is 35.5. The van der Waals surface area contributed by atoms with E-state index in [9.17, 15) is 19.5 Å². The summed E-state index contributed by atoms with van der Waals surface area (Å²) in [6.45, 7) is 18.2. The average molecular weight is 574 g/mol. The number of phenols is 1. The summed E-state index contributed by atoms with van der Waals surface area (Å²) in [6.07, 6.45) is -0.384. The van der Waals surface area contributed by atoms with Gasteiger partial charge in [-0.25, -0.2) is 4.79 Å². The number of phenolic OH excluding ortho intramolecular Hbond substituents is 1. The maximum atomic E-state index is 14.4. The quantitative estimate of drug-likeness (QED) is 0.318. The van der Waals surface area contributed by atoms with Crippen LogP contribution in [0.5, 0.6) is 5.75 Å². The van der Waals surface area contributed by atoms with Crippen LogP contribution in [-0.2, 0) is 14.3 Å². The first-order valence-electron chi connectivity index (χ1n) is 13.5. The van der Waals surface area contributed by atoms with Crippen LogP contribution in [0.3, 0.4) is 0 Å². The Morgan fingerprint density at radius 1 is 1.00 bits per heavy atom. The molecule has 0 saturated carbocycles. The van der Waals surface area contributed by atoms with Gasteiger partial charge < -0.3 is 25.4 Å². The molecule has 0 spiro atoms. The molecule has 0 aliphatic rings. The fraction of sp³-hybridized carbons (Fsp3) is 0.516. The molecule has 0 aliphatic heterocycles. The van der Waals surface area contributed by atoms with E-state index in [-0.39, 0.29) is 11.7 Å². The molecule has 220 valence electrons. The minimum atomic E-state index is -1.11. The fourth-order valence-electron chi connectivity index (χ4n) is 4.40. The van der Waals surface area contributed by atoms with Gasteiger partial charge in [-0.2, -0.15) is 0 Å². The zero-order valence-corrected chi connectivity index (χ0v) is 26.1. The van der Waals surface area contributed by atoms with Crippen molar-refractivity contribution in [3.63, 3.8) is 0 Å². The molecule has 2 atom stereocenters. The highest BCUT2D eigenvalue weighted by Crippen LogP contribution is 2.35. The van der Waals surface area contributed by atoms with E-state index < -0.39 is 41.1 Å². The molecule has 2 aromatic rings. The summed E-state index contributed by atoms with van der Waals surface area (Å²) >= 11 is 6.43. The number of para-hydroxylation sites is 1. The van der Waals surface area contributed by atoms with E-state index in [2.05, 4.69) is 10.6 Å². The average Bonchev–Trinajstić information content (AvgIpc) is 2.78. The molecule has 0 aliphatic carbocycles. The number of alkyl carbamates (subject to hydrolysis) is 1. The van der Waals surface area contributed by atoms with E-state index >= 15 is 0 Å². The van der Waals surface area contributed by atoms with Crippen molar-refractivity contribution < 1.29 is 24.2 Å². The molecule has 0 saturated heterocycles. The van der Waals surface area contributed by atoms with Crippen molar-refractivity contribution in [2.45, 2.75) is 98.9 Å². The van der Waals surface area contributed by atoms with E-state index in [1.54, 1.807) is 52.0 Å². The monoisotopic (exact) mass is 573 g/mol. The van der Waals surface area contributed by atoms with Crippen molar-refractivity contribution in [3.05, 3.63) is 58.1 Å². The lowest BCUT2D eigenvalue weighted by atomic mass is 9.92. The molecule has 0 bridgehead atoms. The maximum absolute atomic E-state index is 14.4. The lowest BCUT2D eigenvalue weighted by molar-refractivity contribution is -0.147. The predicted molar refractivity (Wildman–Crippen MR) is 160 cm³/mol. The third-order valence-corrected chi connectivity index (χ3v) is 6.48. The molecule has 2 aromatic carbocycles. The number of nitrogens with zero attached hydrogens (tertiary/aromatic N) is 1. The number of hydrogen-bond acceptors (Lipinski definition) is 5. The van der Waals surface area contributed by atoms with Gasteiger partial charge in [-0.05, 0) is 103 Å². The second-order valence-electron chi connectivity index (χ2n) is 12.6. The molecule has 3 amide bonds. The Hall–Kier alpha value is -3.26. The Labute approximate surface area is 243 Å². The number of halogens is 1. The number of benzene rings is 2. The molecule has 9 heteroatoms. The van der Waals surface area contributed by atoms with E-state index in [1.165, 1.54) is 11.0 Å². The predicted octanol–water partition coefficient (Wildman–Crippen LogP) is 6.91. The largest absolute Gasteiger partial charge is 0.508 e. The number of hydrogen-bond donors (Lipinski definition) is 3. The summed E-state index contributed by atoms with van der Waals surface area (Å²) in [5, 5.41) is 16.2. The molecule has 3 N–H and O–H groups in total. The highest BCUT2D eigenvalue weighted by Gasteiger charge is 2.42. The Morgan fingerprint density at radius 3 is 2.12 bits per heavy atom. The van der Waals surface area contributed by atoms with Crippen LogP contribution in [0.4, 0.5) is 10.5 Å². The van der Waals surface area contributed by atoms with Gasteiger partial charge in [0.2, 0.25) is 5.91 Å². The van der Waals surface area contributed by atoms with Crippen LogP contribution >= 0.6 is 11.6 Å². The molecule has 8 nitrogen and oxygen atoms in total. The van der Waals surface area contributed by atoms with Gasteiger partial charge in [-0.15, -0.1) is 0 Å². The zero-order chi connectivity index (χ0) is 30.6. The number of nitrogens with one attached hydrogen (secondary N) is 2. The summed E-state index contributed by atoms with van der Waals surface area (Å²) < 4.78 is 5.45. The second kappa shape index (κ2) is 12.9. The standard InChI is InChI=1S/C31H44ClN3O5/c1-18(2)16-23(33-29(39)40-31(8,9)10)28(38)35(30(5,6)7)26(21-14-15-24(36)20(4)17-21)27(37)34-25-19(3)12-11-13-22(25)32/h11-15,17-18,23,26,36H,16H2,1-10H3,(H,33,39)(H,34,37). The van der Waals surface area contributed by atoms with Crippen molar-refractivity contribution in [1.29, 1.82) is 0 Å². The van der Waals surface area contributed by atoms with E-state index in [0.29, 0.717) is 28.3 Å². The summed E-state index contributed by atoms with van der Waals surface area (Å²) in [5.74, 6) is -0.790. The lowest BCUT2D eigenvalue weighted by Crippen LogP contribution is -2.58. The van der Waals surface area contributed by atoms with Gasteiger partial charge >= 0.3 is 6.09 Å². The summed E-state index contributed by atoms with van der Waals surface area (Å²) in [4.78, 5) is 42.8. The molecule has 0 heterocycles. The van der Waals surface area contributed by atoms with Crippen molar-refractivity contribution in [1.82, 2.24) is 10.2 Å². The SMILES string of the molecule is Cc1cc(C(C(=O)Nc2c(C)cccc2Cl)N(C(=O)C(CC(C)C)NC(=O)OC(C)(C)C)C(C)(C)C)ccc1O. The van der Waals surface area contributed by atoms with E-state index in [1.807, 2.05) is 47.6 Å². The van der Waals surface area contributed by atoms with Crippen LogP contribution in [0.1, 0.15) is 84.5 Å². The normalized spacial score (nSPS) is 13.4. The Bertz CT molecular complexity index is 1210. The minimum Gasteiger partial charge on any atom is -0.508 e. The Kier molecular flexibility index (Phi) is 10.7. The van der Waals surface area contributed by atoms with Crippen molar-refractivity contribution in [3.8, 4) is 5.75 Å². The molecule has 0 fully saturated rings. The number of rotatable bonds is 8. The van der Waals surface area contributed by atoms with Crippen LogP contribution in [0.25, 0.3) is 0 Å². The Balaban J connectivity index is 2.67. The molecular formula is C31H44ClN3O5. The van der Waals surface area contributed by atoms with E-state index in [0.717, 1.165) is 5.56 Å². The number of anilines is 1. The van der Waals surface area contributed by atoms with Gasteiger partial charge in [-0.3, -0.25) is 9.59 Å². The van der Waals surface area contributed by atoms with Gasteiger partial charge in [0.05, 0.1) is 10.7 Å². The van der Waals surface area contributed by atoms with Gasteiger partial charge in [0.1, 0.15) is 23.4 Å². The molecule has 0 radical (unpaired) electrons. The summed E-state index contributed by atoms with van der Waals surface area (Å²) in [5.41, 5.74) is 0.655. The van der Waals surface area contributed by atoms with Gasteiger partial charge in [-0.1, -0.05) is 43.6 Å². The number of carbonyl (C=O) groups excluding carboxylic acids is 3. The highest BCUT2D eigenvalue weighted by molar-refractivity contribution is 6.34. The molecule has 40 heavy (non-hydrogen) atoms. The number of aromatic hydroxyl groups is 1. The summed E-state index contributed by atoms with van der Waals surface area (Å²) in [7, 11) is 0. The lowest BCUT2D eigenvalue weighted by Gasteiger charge is -2.43. The molecular weight excluding hydrogens is 530 g/mol. The number of aryl methyl sites for hydroxylation is 2. The van der Waals surface area contributed by atoms with Crippen LogP contribution in [0, 0.1) is 19.8 Å². The topological polar surface area (TPSA) is 108 Å². The van der Waals surface area contributed by atoms with Gasteiger partial charge in [0.15, 0.2) is 0 Å². The van der Waals surface area contributed by atoms with Crippen LogP contribution in [-0.4, -0.2) is 45.1 Å². The number of amides is 3. The number of carbonyl (C=O) groups is 3. The maximum Gasteiger partial charge on any atom is 0.408 e. The van der Waals surface area contributed by atoms with Gasteiger partial charge in [0.25, 0.3) is 5.91 Å². The first-order chi connectivity index (χ1) is 18.3. The fourth-order valence-corrected chi connectivity index (χ4v) is 4.67. The smallest absolute Gasteiger partial charge is 0.408 e. The number of ether oxygens (including phenoxy) is 1. The first-order valence-corrected chi connectivity index (χ1v) is 13.9. The van der Waals surface area contributed by atoms with E-state index in [4.69, 9.17) is 16.3 Å². The molecule has 2 unspecified atom stereocenters. The third-order valence-electron chi connectivity index (χ3n) is 6.17. The zero-order valence-electron chi connectivity index (χ0n) is 25.3. The minimum absolute atomic E-state index is 0.0553. The van der Waals surface area contributed by atoms with Crippen LogP contribution in [0.15, 0.2) is 36.4 Å². The molecule has 0 aromatic heterocycles. The van der Waals surface area contributed by atoms with Crippen molar-refractivity contribution in [2.24, 2.45) is 5.92 Å². The van der Waals surface area contributed by atoms with Crippen LogP contribution in [0.2, 0.25) is 5.02 Å². The van der Waals surface area contributed by atoms with Crippen molar-refractivity contribution >= 4 is 35.2 Å². The van der Waals surface area contributed by atoms with Crippen LogP contribution < -0.4 is 10.6 Å². The Morgan fingerprint density at radius 2 is 1.62 bits per heavy atom. The third kappa shape index (κ3) is 8.88. The summed E-state index contributed by atoms with van der Waals surface area (Å²) in [6, 6.07) is 8.04. The van der Waals surface area contributed by atoms with Crippen molar-refractivity contribution in [2.75, 3.05) is 5.32 Å².